The van der Waals surface area contributed by atoms with E-state index in [1.54, 1.807) is 0 Å². The molecule has 0 saturated carbocycles. The van der Waals surface area contributed by atoms with E-state index in [1.807, 2.05) is 13.1 Å². The fourth-order valence-electron chi connectivity index (χ4n) is 3.79. The molecule has 21 heavy (non-hydrogen) atoms. The van der Waals surface area contributed by atoms with E-state index in [4.69, 9.17) is 0 Å². The van der Waals surface area contributed by atoms with E-state index in [9.17, 15) is 4.79 Å². The van der Waals surface area contributed by atoms with Crippen LogP contribution in [0.5, 0.6) is 0 Å². The molecule has 116 valence electrons. The molecule has 2 atom stereocenters. The summed E-state index contributed by atoms with van der Waals surface area (Å²) in [7, 11) is 0. The minimum absolute atomic E-state index is 0.0367. The van der Waals surface area contributed by atoms with E-state index in [0.29, 0.717) is 29.1 Å². The van der Waals surface area contributed by atoms with Crippen LogP contribution in [-0.4, -0.2) is 34.5 Å². The minimum Gasteiger partial charge on any atom is -0.366 e. The predicted octanol–water partition coefficient (Wildman–Crippen LogP) is 2.13. The highest BCUT2D eigenvalue weighted by Crippen LogP contribution is 2.33. The summed E-state index contributed by atoms with van der Waals surface area (Å²) in [4.78, 5) is 14.6. The van der Waals surface area contributed by atoms with Gasteiger partial charge in [-0.05, 0) is 55.5 Å². The second kappa shape index (κ2) is 6.08. The fourth-order valence-corrected chi connectivity index (χ4v) is 4.32. The number of aryl methyl sites for hydroxylation is 1. The van der Waals surface area contributed by atoms with Gasteiger partial charge in [-0.15, -0.1) is 0 Å². The zero-order valence-electron chi connectivity index (χ0n) is 12.7. The summed E-state index contributed by atoms with van der Waals surface area (Å²) in [6, 6.07) is 1.79. The molecule has 2 aliphatic rings. The maximum absolute atomic E-state index is 12.3. The number of anilines is 1. The van der Waals surface area contributed by atoms with Crippen molar-refractivity contribution in [1.29, 1.82) is 0 Å². The quantitative estimate of drug-likeness (QED) is 0.899. The van der Waals surface area contributed by atoms with Crippen molar-refractivity contribution in [2.75, 3.05) is 11.4 Å². The van der Waals surface area contributed by atoms with Crippen molar-refractivity contribution >= 4 is 21.6 Å². The first kappa shape index (κ1) is 15.0. The molecule has 3 rings (SSSR count). The van der Waals surface area contributed by atoms with Crippen molar-refractivity contribution in [3.8, 4) is 0 Å². The Labute approximate surface area is 133 Å². The molecule has 2 bridgehead atoms. The zero-order valence-corrected chi connectivity index (χ0v) is 14.3. The number of piperidine rings is 1. The largest absolute Gasteiger partial charge is 0.366 e. The third-order valence-corrected chi connectivity index (χ3v) is 5.55. The minimum atomic E-state index is -0.0367. The van der Waals surface area contributed by atoms with Gasteiger partial charge in [0.15, 0.2) is 0 Å². The van der Waals surface area contributed by atoms with Gasteiger partial charge in [0.05, 0.1) is 11.9 Å². The highest BCUT2D eigenvalue weighted by Gasteiger charge is 2.36. The number of fused-ring (bicyclic) bond motifs is 2. The average molecular weight is 355 g/mol. The van der Waals surface area contributed by atoms with Crippen molar-refractivity contribution in [3.63, 3.8) is 0 Å². The maximum atomic E-state index is 12.3. The zero-order chi connectivity index (χ0) is 15.0. The fraction of sp³-hybridized carbons (Fsp3) is 0.733. The van der Waals surface area contributed by atoms with Crippen LogP contribution < -0.4 is 15.8 Å². The molecular weight excluding hydrogens is 332 g/mol. The molecule has 6 heteroatoms. The van der Waals surface area contributed by atoms with E-state index >= 15 is 0 Å². The topological polar surface area (TPSA) is 50.2 Å². The Morgan fingerprint density at radius 3 is 2.62 bits per heavy atom. The second-order valence-corrected chi connectivity index (χ2v) is 6.81. The van der Waals surface area contributed by atoms with Gasteiger partial charge in [-0.2, -0.15) is 5.10 Å². The standard InChI is InChI=1S/C15H23BrN4O/c1-3-19(12-7-10-5-6-11(8-12)18-10)13-9-17-20(4-2)15(21)14(13)16/h9-12,18H,3-8H2,1-2H3. The second-order valence-electron chi connectivity index (χ2n) is 6.01. The van der Waals surface area contributed by atoms with Gasteiger partial charge >= 0.3 is 0 Å². The Bertz CT molecular complexity index is 561. The average Bonchev–Trinajstić information content (AvgIpc) is 2.83. The monoisotopic (exact) mass is 354 g/mol. The third kappa shape index (κ3) is 2.75. The summed E-state index contributed by atoms with van der Waals surface area (Å²) < 4.78 is 2.14. The van der Waals surface area contributed by atoms with Gasteiger partial charge in [0, 0.05) is 31.2 Å². The lowest BCUT2D eigenvalue weighted by molar-refractivity contribution is 0.348. The molecule has 2 fully saturated rings. The first-order chi connectivity index (χ1) is 10.1. The van der Waals surface area contributed by atoms with E-state index in [2.05, 4.69) is 38.2 Å². The van der Waals surface area contributed by atoms with E-state index < -0.39 is 0 Å². The number of hydrogen-bond acceptors (Lipinski definition) is 4. The van der Waals surface area contributed by atoms with Crippen LogP contribution in [0.15, 0.2) is 15.5 Å². The first-order valence-electron chi connectivity index (χ1n) is 7.92. The summed E-state index contributed by atoms with van der Waals surface area (Å²) in [6.45, 7) is 5.59. The normalized spacial score (nSPS) is 27.9. The summed E-state index contributed by atoms with van der Waals surface area (Å²) in [6.07, 6.45) is 6.73. The Morgan fingerprint density at radius 2 is 2.05 bits per heavy atom. The van der Waals surface area contributed by atoms with Gasteiger partial charge in [0.1, 0.15) is 4.47 Å². The lowest BCUT2D eigenvalue weighted by Gasteiger charge is -2.38. The lowest BCUT2D eigenvalue weighted by atomic mass is 9.98. The SMILES string of the molecule is CCN(c1cnn(CC)c(=O)c1Br)C1CC2CCC(C1)N2. The molecule has 2 saturated heterocycles. The van der Waals surface area contributed by atoms with Crippen LogP contribution in [0.1, 0.15) is 39.5 Å². The van der Waals surface area contributed by atoms with Crippen molar-refractivity contribution in [2.45, 2.75) is 64.2 Å². The van der Waals surface area contributed by atoms with Crippen molar-refractivity contribution in [1.82, 2.24) is 15.1 Å². The van der Waals surface area contributed by atoms with Gasteiger partial charge in [-0.25, -0.2) is 4.68 Å². The van der Waals surface area contributed by atoms with Crippen LogP contribution in [0, 0.1) is 0 Å². The Kier molecular flexibility index (Phi) is 4.36. The molecule has 1 aromatic rings. The van der Waals surface area contributed by atoms with Crippen LogP contribution in [0.2, 0.25) is 0 Å². The van der Waals surface area contributed by atoms with E-state index in [1.165, 1.54) is 17.5 Å². The third-order valence-electron chi connectivity index (χ3n) is 4.81. The van der Waals surface area contributed by atoms with E-state index in [-0.39, 0.29) is 5.56 Å². The number of nitrogens with one attached hydrogen (secondary N) is 1. The van der Waals surface area contributed by atoms with Crippen LogP contribution in [-0.2, 0) is 6.54 Å². The Balaban J connectivity index is 1.90. The molecule has 3 heterocycles. The van der Waals surface area contributed by atoms with Gasteiger partial charge in [0.2, 0.25) is 0 Å². The van der Waals surface area contributed by atoms with Crippen LogP contribution >= 0.6 is 15.9 Å². The molecule has 0 radical (unpaired) electrons. The van der Waals surface area contributed by atoms with Gasteiger partial charge in [-0.3, -0.25) is 4.79 Å². The van der Waals surface area contributed by atoms with Crippen LogP contribution in [0.4, 0.5) is 5.69 Å². The van der Waals surface area contributed by atoms with Crippen molar-refractivity contribution in [3.05, 3.63) is 21.0 Å². The number of hydrogen-bond donors (Lipinski definition) is 1. The molecule has 0 aromatic carbocycles. The molecule has 2 unspecified atom stereocenters. The lowest BCUT2D eigenvalue weighted by Crippen LogP contribution is -2.48. The molecule has 0 amide bonds. The molecule has 5 nitrogen and oxygen atoms in total. The number of nitrogens with zero attached hydrogens (tertiary/aromatic N) is 3. The number of rotatable bonds is 4. The molecular formula is C15H23BrN4O. The molecule has 2 aliphatic heterocycles. The van der Waals surface area contributed by atoms with Gasteiger partial charge < -0.3 is 10.2 Å². The Hall–Kier alpha value is -0.880. The molecule has 0 aliphatic carbocycles. The van der Waals surface area contributed by atoms with Crippen LogP contribution in [0.3, 0.4) is 0 Å². The van der Waals surface area contributed by atoms with Crippen LogP contribution in [0.25, 0.3) is 0 Å². The summed E-state index contributed by atoms with van der Waals surface area (Å²) >= 11 is 3.50. The van der Waals surface area contributed by atoms with Crippen molar-refractivity contribution < 1.29 is 0 Å². The summed E-state index contributed by atoms with van der Waals surface area (Å²) in [5, 5.41) is 7.97. The maximum Gasteiger partial charge on any atom is 0.283 e. The molecule has 0 spiro atoms. The molecule has 1 N–H and O–H groups in total. The number of aromatic nitrogens is 2. The molecule has 1 aromatic heterocycles. The Morgan fingerprint density at radius 1 is 1.38 bits per heavy atom. The summed E-state index contributed by atoms with van der Waals surface area (Å²) in [5.41, 5.74) is 0.906. The van der Waals surface area contributed by atoms with Gasteiger partial charge in [0.25, 0.3) is 5.56 Å². The highest BCUT2D eigenvalue weighted by atomic mass is 79.9. The summed E-state index contributed by atoms with van der Waals surface area (Å²) in [5.74, 6) is 0. The van der Waals surface area contributed by atoms with Gasteiger partial charge in [-0.1, -0.05) is 0 Å². The van der Waals surface area contributed by atoms with Crippen molar-refractivity contribution in [2.24, 2.45) is 0 Å². The predicted molar refractivity (Wildman–Crippen MR) is 87.9 cm³/mol. The first-order valence-corrected chi connectivity index (χ1v) is 8.71. The number of halogens is 1. The highest BCUT2D eigenvalue weighted by molar-refractivity contribution is 9.10. The smallest absolute Gasteiger partial charge is 0.283 e. The van der Waals surface area contributed by atoms with E-state index in [0.717, 1.165) is 25.1 Å².